The molecule has 3 amide bonds. The van der Waals surface area contributed by atoms with Crippen LogP contribution < -0.4 is 0 Å². The summed E-state index contributed by atoms with van der Waals surface area (Å²) >= 11 is 0. The fourth-order valence-corrected chi connectivity index (χ4v) is 4.09. The van der Waals surface area contributed by atoms with E-state index in [0.29, 0.717) is 18.0 Å². The lowest BCUT2D eigenvalue weighted by atomic mass is 10.1. The van der Waals surface area contributed by atoms with Crippen molar-refractivity contribution in [3.8, 4) is 11.3 Å². The molecule has 1 saturated heterocycles. The molecular weight excluding hydrogens is 414 g/mol. The van der Waals surface area contributed by atoms with Crippen LogP contribution in [0, 0.1) is 6.92 Å². The monoisotopic (exact) mass is 437 g/mol. The van der Waals surface area contributed by atoms with Crippen LogP contribution in [-0.2, 0) is 17.9 Å². The van der Waals surface area contributed by atoms with Crippen molar-refractivity contribution in [2.24, 2.45) is 0 Å². The van der Waals surface area contributed by atoms with Crippen molar-refractivity contribution < 1.29 is 14.1 Å². The van der Waals surface area contributed by atoms with Gasteiger partial charge in [0, 0.05) is 18.2 Å². The molecule has 6 heteroatoms. The van der Waals surface area contributed by atoms with Gasteiger partial charge >= 0.3 is 6.03 Å². The van der Waals surface area contributed by atoms with Crippen molar-refractivity contribution in [2.75, 3.05) is 0 Å². The molecule has 5 rings (SSSR count). The van der Waals surface area contributed by atoms with Crippen LogP contribution in [0.5, 0.6) is 0 Å². The fourth-order valence-electron chi connectivity index (χ4n) is 4.09. The molecule has 4 aromatic rings. The number of amides is 3. The van der Waals surface area contributed by atoms with Gasteiger partial charge in [0.25, 0.3) is 5.91 Å². The number of carbonyl (C=O) groups is 2. The molecule has 0 saturated carbocycles. The summed E-state index contributed by atoms with van der Waals surface area (Å²) in [5.41, 5.74) is 4.49. The van der Waals surface area contributed by atoms with Gasteiger partial charge in [0.15, 0.2) is 5.76 Å². The molecule has 1 aliphatic rings. The third kappa shape index (κ3) is 4.15. The van der Waals surface area contributed by atoms with Crippen molar-refractivity contribution in [3.63, 3.8) is 0 Å². The van der Waals surface area contributed by atoms with Crippen LogP contribution in [0.4, 0.5) is 4.79 Å². The van der Waals surface area contributed by atoms with E-state index in [1.165, 1.54) is 4.90 Å². The molecule has 1 aliphatic heterocycles. The van der Waals surface area contributed by atoms with E-state index in [1.807, 2.05) is 91.9 Å². The molecule has 0 N–H and O–H groups in total. The smallest absolute Gasteiger partial charge is 0.328 e. The molecule has 3 aromatic carbocycles. The molecule has 1 unspecified atom stereocenters. The highest BCUT2D eigenvalue weighted by atomic mass is 16.5. The van der Waals surface area contributed by atoms with Crippen molar-refractivity contribution >= 4 is 11.9 Å². The van der Waals surface area contributed by atoms with E-state index in [4.69, 9.17) is 4.52 Å². The average Bonchev–Trinajstić information content (AvgIpc) is 3.40. The summed E-state index contributed by atoms with van der Waals surface area (Å²) in [6, 6.07) is 27.8. The number of benzene rings is 3. The second-order valence-corrected chi connectivity index (χ2v) is 8.18. The lowest BCUT2D eigenvalue weighted by Crippen LogP contribution is -2.32. The summed E-state index contributed by atoms with van der Waals surface area (Å²) in [6.07, 6.45) is 0. The second-order valence-electron chi connectivity index (χ2n) is 8.18. The minimum Gasteiger partial charge on any atom is -0.359 e. The zero-order valence-electron chi connectivity index (χ0n) is 18.2. The van der Waals surface area contributed by atoms with Crippen LogP contribution in [0.3, 0.4) is 0 Å². The Morgan fingerprint density at radius 1 is 0.848 bits per heavy atom. The maximum Gasteiger partial charge on any atom is 0.328 e. The van der Waals surface area contributed by atoms with Gasteiger partial charge in [-0.05, 0) is 18.1 Å². The quantitative estimate of drug-likeness (QED) is 0.381. The van der Waals surface area contributed by atoms with Crippen LogP contribution in [0.1, 0.15) is 28.5 Å². The number of carbonyl (C=O) groups excluding carboxylic acids is 2. The lowest BCUT2D eigenvalue weighted by molar-refractivity contribution is -0.129. The summed E-state index contributed by atoms with van der Waals surface area (Å²) in [6.45, 7) is 2.39. The second kappa shape index (κ2) is 8.74. The first-order valence-electron chi connectivity index (χ1n) is 10.8. The first-order chi connectivity index (χ1) is 16.1. The van der Waals surface area contributed by atoms with Gasteiger partial charge in [0.2, 0.25) is 0 Å². The van der Waals surface area contributed by atoms with Gasteiger partial charge in [0.1, 0.15) is 11.7 Å². The first-order valence-corrected chi connectivity index (χ1v) is 10.8. The minimum absolute atomic E-state index is 0.0329. The van der Waals surface area contributed by atoms with Crippen LogP contribution >= 0.6 is 0 Å². The summed E-state index contributed by atoms with van der Waals surface area (Å²) in [7, 11) is 0. The first kappa shape index (κ1) is 20.7. The van der Waals surface area contributed by atoms with Gasteiger partial charge in [-0.15, -0.1) is 0 Å². The molecule has 1 aromatic heterocycles. The standard InChI is InChI=1S/C27H23N3O3/c1-19-12-14-21(15-13-19)24-16-23(33-28-24)18-30-26(31)25(22-10-6-3-7-11-22)29(27(30)32)17-20-8-4-2-5-9-20/h2-16,25H,17-18H2,1H3. The third-order valence-corrected chi connectivity index (χ3v) is 5.82. The summed E-state index contributed by atoms with van der Waals surface area (Å²) in [4.78, 5) is 29.7. The highest BCUT2D eigenvalue weighted by Gasteiger charge is 2.46. The number of hydrogen-bond donors (Lipinski definition) is 0. The van der Waals surface area contributed by atoms with Gasteiger partial charge in [-0.2, -0.15) is 0 Å². The molecule has 33 heavy (non-hydrogen) atoms. The molecule has 0 spiro atoms. The van der Waals surface area contributed by atoms with E-state index in [9.17, 15) is 9.59 Å². The molecular formula is C27H23N3O3. The Morgan fingerprint density at radius 2 is 1.52 bits per heavy atom. The van der Waals surface area contributed by atoms with E-state index in [2.05, 4.69) is 5.16 Å². The van der Waals surface area contributed by atoms with Crippen molar-refractivity contribution in [1.29, 1.82) is 0 Å². The van der Waals surface area contributed by atoms with Crippen molar-refractivity contribution in [3.05, 3.63) is 113 Å². The Kier molecular flexibility index (Phi) is 5.48. The number of hydrogen-bond acceptors (Lipinski definition) is 4. The third-order valence-electron chi connectivity index (χ3n) is 5.82. The normalized spacial score (nSPS) is 16.0. The van der Waals surface area contributed by atoms with Gasteiger partial charge in [-0.3, -0.25) is 9.69 Å². The number of imide groups is 1. The highest BCUT2D eigenvalue weighted by molar-refractivity contribution is 6.04. The topological polar surface area (TPSA) is 66.7 Å². The number of nitrogens with zero attached hydrogens (tertiary/aromatic N) is 3. The van der Waals surface area contributed by atoms with E-state index in [0.717, 1.165) is 22.3 Å². The van der Waals surface area contributed by atoms with Gasteiger partial charge < -0.3 is 9.42 Å². The Hall–Kier alpha value is -4.19. The predicted molar refractivity (Wildman–Crippen MR) is 124 cm³/mol. The van der Waals surface area contributed by atoms with Crippen molar-refractivity contribution in [2.45, 2.75) is 26.1 Å². The van der Waals surface area contributed by atoms with Crippen LogP contribution in [0.2, 0.25) is 0 Å². The molecule has 0 bridgehead atoms. The maximum atomic E-state index is 13.4. The van der Waals surface area contributed by atoms with Gasteiger partial charge in [0.05, 0.1) is 6.54 Å². The van der Waals surface area contributed by atoms with Crippen molar-refractivity contribution in [1.82, 2.24) is 15.0 Å². The van der Waals surface area contributed by atoms with Gasteiger partial charge in [-0.1, -0.05) is 95.6 Å². The SMILES string of the molecule is Cc1ccc(-c2cc(CN3C(=O)C(c4ccccc4)N(Cc4ccccc4)C3=O)on2)cc1. The van der Waals surface area contributed by atoms with E-state index < -0.39 is 6.04 Å². The molecule has 0 radical (unpaired) electrons. The van der Waals surface area contributed by atoms with Crippen LogP contribution in [-0.4, -0.2) is 26.9 Å². The Bertz CT molecular complexity index is 1270. The van der Waals surface area contributed by atoms with Crippen LogP contribution in [0.15, 0.2) is 95.5 Å². The van der Waals surface area contributed by atoms with Crippen LogP contribution in [0.25, 0.3) is 11.3 Å². The number of rotatable bonds is 6. The maximum absolute atomic E-state index is 13.4. The molecule has 2 heterocycles. The molecule has 0 aliphatic carbocycles. The van der Waals surface area contributed by atoms with E-state index in [-0.39, 0.29) is 18.5 Å². The predicted octanol–water partition coefficient (Wildman–Crippen LogP) is 5.36. The van der Waals surface area contributed by atoms with Gasteiger partial charge in [-0.25, -0.2) is 4.79 Å². The largest absolute Gasteiger partial charge is 0.359 e. The number of aryl methyl sites for hydroxylation is 1. The summed E-state index contributed by atoms with van der Waals surface area (Å²) in [5, 5.41) is 4.13. The zero-order chi connectivity index (χ0) is 22.8. The molecule has 1 fully saturated rings. The number of urea groups is 1. The van der Waals surface area contributed by atoms with E-state index >= 15 is 0 Å². The Balaban J connectivity index is 1.42. The highest BCUT2D eigenvalue weighted by Crippen LogP contribution is 2.34. The summed E-state index contributed by atoms with van der Waals surface area (Å²) in [5.74, 6) is 0.191. The molecule has 6 nitrogen and oxygen atoms in total. The van der Waals surface area contributed by atoms with E-state index in [1.54, 1.807) is 11.0 Å². The lowest BCUT2D eigenvalue weighted by Gasteiger charge is -2.22. The summed E-state index contributed by atoms with van der Waals surface area (Å²) < 4.78 is 5.49. The average molecular weight is 437 g/mol. The molecule has 164 valence electrons. The zero-order valence-corrected chi connectivity index (χ0v) is 18.2. The minimum atomic E-state index is -0.682. The molecule has 1 atom stereocenters. The Labute approximate surface area is 192 Å². The Morgan fingerprint density at radius 3 is 2.21 bits per heavy atom. The fraction of sp³-hybridized carbons (Fsp3) is 0.148. The number of aromatic nitrogens is 1.